The lowest BCUT2D eigenvalue weighted by Gasteiger charge is -2.36. The number of carbonyl (C=O) groups excluding carboxylic acids is 2. The number of hydrogen-bond donors (Lipinski definition) is 2. The molecule has 0 spiro atoms. The Labute approximate surface area is 135 Å². The molecule has 6 heteroatoms. The standard InChI is InChI=1S/C17H22FN3O2/c1-10(19)11-4-6-21(7-5-11)17(23)14-9-16(22)20-15-8-12(18)2-3-13(14)15/h2-3,8,10-11,14H,4-7,9,19H2,1H3,(H,20,22). The first-order valence-corrected chi connectivity index (χ1v) is 8.09. The minimum atomic E-state index is -0.522. The van der Waals surface area contributed by atoms with Gasteiger partial charge in [0.15, 0.2) is 0 Å². The van der Waals surface area contributed by atoms with Crippen LogP contribution >= 0.6 is 0 Å². The summed E-state index contributed by atoms with van der Waals surface area (Å²) in [6.45, 7) is 3.33. The average molecular weight is 319 g/mol. The first kappa shape index (κ1) is 15.9. The fourth-order valence-electron chi connectivity index (χ4n) is 3.52. The topological polar surface area (TPSA) is 75.4 Å². The second kappa shape index (κ2) is 6.28. The molecule has 2 unspecified atom stereocenters. The fraction of sp³-hybridized carbons (Fsp3) is 0.529. The number of rotatable bonds is 2. The zero-order valence-electron chi connectivity index (χ0n) is 13.2. The molecular formula is C17H22FN3O2. The van der Waals surface area contributed by atoms with Crippen LogP contribution in [0, 0.1) is 11.7 Å². The monoisotopic (exact) mass is 319 g/mol. The predicted molar refractivity (Wildman–Crippen MR) is 85.3 cm³/mol. The molecule has 1 saturated heterocycles. The molecule has 3 rings (SSSR count). The molecule has 2 aliphatic rings. The summed E-state index contributed by atoms with van der Waals surface area (Å²) in [5.41, 5.74) is 7.04. The summed E-state index contributed by atoms with van der Waals surface area (Å²) in [7, 11) is 0. The van der Waals surface area contributed by atoms with E-state index in [1.54, 1.807) is 6.07 Å². The zero-order valence-corrected chi connectivity index (χ0v) is 13.2. The number of fused-ring (bicyclic) bond motifs is 1. The summed E-state index contributed by atoms with van der Waals surface area (Å²) in [5.74, 6) is -0.793. The highest BCUT2D eigenvalue weighted by molar-refractivity contribution is 6.01. The van der Waals surface area contributed by atoms with Crippen LogP contribution in [-0.2, 0) is 9.59 Å². The molecule has 0 aliphatic carbocycles. The third kappa shape index (κ3) is 3.22. The van der Waals surface area contributed by atoms with Crippen LogP contribution < -0.4 is 11.1 Å². The smallest absolute Gasteiger partial charge is 0.230 e. The number of nitrogens with one attached hydrogen (secondary N) is 1. The summed E-state index contributed by atoms with van der Waals surface area (Å²) in [5, 5.41) is 2.64. The van der Waals surface area contributed by atoms with Crippen molar-refractivity contribution in [2.45, 2.75) is 38.1 Å². The molecule has 2 atom stereocenters. The van der Waals surface area contributed by atoms with Crippen molar-refractivity contribution in [2.24, 2.45) is 11.7 Å². The van der Waals surface area contributed by atoms with Crippen LogP contribution in [0.4, 0.5) is 10.1 Å². The molecule has 1 aromatic rings. The molecule has 0 saturated carbocycles. The molecule has 124 valence electrons. The van der Waals surface area contributed by atoms with Crippen LogP contribution in [0.15, 0.2) is 18.2 Å². The normalized spacial score (nSPS) is 23.2. The highest BCUT2D eigenvalue weighted by Crippen LogP contribution is 2.35. The van der Waals surface area contributed by atoms with Crippen molar-refractivity contribution in [2.75, 3.05) is 18.4 Å². The molecule has 3 N–H and O–H groups in total. The van der Waals surface area contributed by atoms with Gasteiger partial charge in [-0.05, 0) is 43.4 Å². The Hall–Kier alpha value is -1.95. The van der Waals surface area contributed by atoms with Crippen LogP contribution in [0.1, 0.15) is 37.7 Å². The molecule has 23 heavy (non-hydrogen) atoms. The fourth-order valence-corrected chi connectivity index (χ4v) is 3.52. The second-order valence-electron chi connectivity index (χ2n) is 6.56. The average Bonchev–Trinajstić information content (AvgIpc) is 2.53. The van der Waals surface area contributed by atoms with E-state index in [0.717, 1.165) is 12.8 Å². The van der Waals surface area contributed by atoms with E-state index in [2.05, 4.69) is 5.32 Å². The molecule has 1 aromatic carbocycles. The van der Waals surface area contributed by atoms with Crippen molar-refractivity contribution in [3.8, 4) is 0 Å². The molecular weight excluding hydrogens is 297 g/mol. The van der Waals surface area contributed by atoms with Gasteiger partial charge in [0, 0.05) is 31.2 Å². The van der Waals surface area contributed by atoms with Crippen molar-refractivity contribution in [1.29, 1.82) is 0 Å². The quantitative estimate of drug-likeness (QED) is 0.873. The summed E-state index contributed by atoms with van der Waals surface area (Å²) in [6.07, 6.45) is 1.89. The van der Waals surface area contributed by atoms with Gasteiger partial charge < -0.3 is 16.0 Å². The van der Waals surface area contributed by atoms with Crippen molar-refractivity contribution < 1.29 is 14.0 Å². The Kier molecular flexibility index (Phi) is 4.35. The van der Waals surface area contributed by atoms with E-state index < -0.39 is 11.7 Å². The van der Waals surface area contributed by atoms with Crippen molar-refractivity contribution >= 4 is 17.5 Å². The Bertz CT molecular complexity index is 624. The van der Waals surface area contributed by atoms with Gasteiger partial charge in [-0.15, -0.1) is 0 Å². The van der Waals surface area contributed by atoms with Gasteiger partial charge in [-0.25, -0.2) is 4.39 Å². The first-order valence-electron chi connectivity index (χ1n) is 8.09. The molecule has 0 radical (unpaired) electrons. The second-order valence-corrected chi connectivity index (χ2v) is 6.56. The molecule has 2 heterocycles. The molecule has 2 aliphatic heterocycles. The van der Waals surface area contributed by atoms with Crippen molar-refractivity contribution in [3.05, 3.63) is 29.6 Å². The lowest BCUT2D eigenvalue weighted by atomic mass is 9.87. The summed E-state index contributed by atoms with van der Waals surface area (Å²) < 4.78 is 13.4. The molecule has 2 amide bonds. The number of nitrogens with two attached hydrogens (primary N) is 1. The van der Waals surface area contributed by atoms with Gasteiger partial charge in [0.05, 0.1) is 5.92 Å². The number of halogens is 1. The van der Waals surface area contributed by atoms with Crippen LogP contribution in [0.2, 0.25) is 0 Å². The number of likely N-dealkylation sites (tertiary alicyclic amines) is 1. The Balaban J connectivity index is 1.77. The van der Waals surface area contributed by atoms with Crippen molar-refractivity contribution in [1.82, 2.24) is 4.90 Å². The van der Waals surface area contributed by atoms with Crippen molar-refractivity contribution in [3.63, 3.8) is 0 Å². The Morgan fingerprint density at radius 2 is 2.09 bits per heavy atom. The van der Waals surface area contributed by atoms with E-state index in [9.17, 15) is 14.0 Å². The number of anilines is 1. The van der Waals surface area contributed by atoms with Crippen LogP contribution in [-0.4, -0.2) is 35.8 Å². The van der Waals surface area contributed by atoms with Gasteiger partial charge in [0.25, 0.3) is 0 Å². The maximum atomic E-state index is 13.4. The van der Waals surface area contributed by atoms with Crippen LogP contribution in [0.25, 0.3) is 0 Å². The maximum Gasteiger partial charge on any atom is 0.230 e. The van der Waals surface area contributed by atoms with Gasteiger partial charge in [0.1, 0.15) is 5.82 Å². The van der Waals surface area contributed by atoms with Gasteiger partial charge in [-0.3, -0.25) is 9.59 Å². The predicted octanol–water partition coefficient (Wildman–Crippen LogP) is 1.84. The van der Waals surface area contributed by atoms with Gasteiger partial charge in [0.2, 0.25) is 11.8 Å². The third-order valence-electron chi connectivity index (χ3n) is 4.95. The maximum absolute atomic E-state index is 13.4. The lowest BCUT2D eigenvalue weighted by molar-refractivity contribution is -0.136. The molecule has 1 fully saturated rings. The Morgan fingerprint density at radius 3 is 2.74 bits per heavy atom. The largest absolute Gasteiger partial charge is 0.342 e. The highest BCUT2D eigenvalue weighted by atomic mass is 19.1. The number of piperidine rings is 1. The number of carbonyl (C=O) groups is 2. The number of amides is 2. The zero-order chi connectivity index (χ0) is 16.6. The summed E-state index contributed by atoms with van der Waals surface area (Å²) in [4.78, 5) is 26.5. The van der Waals surface area contributed by atoms with E-state index in [0.29, 0.717) is 30.3 Å². The molecule has 0 bridgehead atoms. The third-order valence-corrected chi connectivity index (χ3v) is 4.95. The van der Waals surface area contributed by atoms with Crippen LogP contribution in [0.3, 0.4) is 0 Å². The summed E-state index contributed by atoms with van der Waals surface area (Å²) >= 11 is 0. The van der Waals surface area contributed by atoms with E-state index in [-0.39, 0.29) is 24.3 Å². The number of benzene rings is 1. The molecule has 0 aromatic heterocycles. The summed E-state index contributed by atoms with van der Waals surface area (Å²) in [6, 6.07) is 4.34. The van der Waals surface area contributed by atoms with E-state index in [4.69, 9.17) is 5.73 Å². The first-order chi connectivity index (χ1) is 11.0. The number of nitrogens with zero attached hydrogens (tertiary/aromatic N) is 1. The van der Waals surface area contributed by atoms with E-state index in [1.165, 1.54) is 12.1 Å². The van der Waals surface area contributed by atoms with Gasteiger partial charge in [-0.2, -0.15) is 0 Å². The van der Waals surface area contributed by atoms with Gasteiger partial charge in [-0.1, -0.05) is 6.07 Å². The lowest BCUT2D eigenvalue weighted by Crippen LogP contribution is -2.45. The Morgan fingerprint density at radius 1 is 1.39 bits per heavy atom. The highest BCUT2D eigenvalue weighted by Gasteiger charge is 2.35. The number of hydrogen-bond acceptors (Lipinski definition) is 3. The van der Waals surface area contributed by atoms with E-state index >= 15 is 0 Å². The minimum Gasteiger partial charge on any atom is -0.342 e. The minimum absolute atomic E-state index is 0.0455. The van der Waals surface area contributed by atoms with Crippen LogP contribution in [0.5, 0.6) is 0 Å². The SMILES string of the molecule is CC(N)C1CCN(C(=O)C2CC(=O)Nc3cc(F)ccc32)CC1. The van der Waals surface area contributed by atoms with Gasteiger partial charge >= 0.3 is 0 Å². The molecule has 5 nitrogen and oxygen atoms in total. The van der Waals surface area contributed by atoms with E-state index in [1.807, 2.05) is 11.8 Å².